The molecular weight excluding hydrogens is 370 g/mol. The van der Waals surface area contributed by atoms with Gasteiger partial charge in [0, 0.05) is 6.07 Å². The van der Waals surface area contributed by atoms with Crippen molar-refractivity contribution >= 4 is 17.8 Å². The number of halogens is 2. The van der Waals surface area contributed by atoms with Crippen molar-refractivity contribution in [3.05, 3.63) is 71.3 Å². The Morgan fingerprint density at radius 3 is 2.18 bits per heavy atom. The third kappa shape index (κ3) is 5.87. The second-order valence-electron chi connectivity index (χ2n) is 6.12. The van der Waals surface area contributed by atoms with Gasteiger partial charge in [-0.3, -0.25) is 9.59 Å². The molecule has 0 radical (unpaired) electrons. The quantitative estimate of drug-likeness (QED) is 0.709. The summed E-state index contributed by atoms with van der Waals surface area (Å²) in [5.74, 6) is -3.46. The summed E-state index contributed by atoms with van der Waals surface area (Å²) in [6, 6.07) is 9.25. The fourth-order valence-corrected chi connectivity index (χ4v) is 2.57. The number of nitrogens with one attached hydrogen (secondary N) is 2. The van der Waals surface area contributed by atoms with Crippen LogP contribution in [0, 0.1) is 11.6 Å². The minimum Gasteiger partial charge on any atom is -0.467 e. The Hall–Kier alpha value is -3.29. The molecule has 0 aromatic heterocycles. The lowest BCUT2D eigenvalue weighted by atomic mass is 10.1. The van der Waals surface area contributed by atoms with Crippen LogP contribution in [-0.4, -0.2) is 30.9 Å². The Morgan fingerprint density at radius 1 is 1.00 bits per heavy atom. The molecule has 8 heteroatoms. The molecule has 0 saturated carbocycles. The standard InChI is InChI=1S/C20H20F2N2O4/c1-12(23-17(25)10-13-8-15(21)11-16(22)9-13)19(26)24-18(20(27)28-2)14-6-4-3-5-7-14/h3-9,11-12,18H,10H2,1-2H3,(H,23,25)(H,24,26)/t12-,18+/m1/s1. The van der Waals surface area contributed by atoms with Gasteiger partial charge < -0.3 is 15.4 Å². The molecule has 0 bridgehead atoms. The minimum atomic E-state index is -1.03. The average Bonchev–Trinajstić information content (AvgIpc) is 2.64. The van der Waals surface area contributed by atoms with Gasteiger partial charge in [0.2, 0.25) is 11.8 Å². The molecule has 0 aliphatic carbocycles. The Morgan fingerprint density at radius 2 is 1.61 bits per heavy atom. The summed E-state index contributed by atoms with van der Waals surface area (Å²) in [5.41, 5.74) is 0.663. The van der Waals surface area contributed by atoms with Crippen LogP contribution in [-0.2, 0) is 25.5 Å². The van der Waals surface area contributed by atoms with E-state index in [-0.39, 0.29) is 12.0 Å². The number of carbonyl (C=O) groups excluding carboxylic acids is 3. The second kappa shape index (κ2) is 9.59. The third-order valence-corrected chi connectivity index (χ3v) is 3.91. The topological polar surface area (TPSA) is 84.5 Å². The smallest absolute Gasteiger partial charge is 0.333 e. The first kappa shape index (κ1) is 21.0. The number of rotatable bonds is 7. The number of carbonyl (C=O) groups is 3. The van der Waals surface area contributed by atoms with Gasteiger partial charge in [-0.1, -0.05) is 30.3 Å². The highest BCUT2D eigenvalue weighted by Gasteiger charge is 2.26. The summed E-state index contributed by atoms with van der Waals surface area (Å²) in [6.07, 6.45) is -0.300. The zero-order valence-electron chi connectivity index (χ0n) is 15.4. The van der Waals surface area contributed by atoms with E-state index in [0.717, 1.165) is 12.1 Å². The highest BCUT2D eigenvalue weighted by atomic mass is 19.1. The van der Waals surface area contributed by atoms with Crippen LogP contribution >= 0.6 is 0 Å². The van der Waals surface area contributed by atoms with Crippen molar-refractivity contribution in [2.75, 3.05) is 7.11 Å². The van der Waals surface area contributed by atoms with Gasteiger partial charge >= 0.3 is 5.97 Å². The molecule has 148 valence electrons. The Kier molecular flexibility index (Phi) is 7.20. The van der Waals surface area contributed by atoms with E-state index in [1.54, 1.807) is 30.3 Å². The lowest BCUT2D eigenvalue weighted by Crippen LogP contribution is -2.47. The summed E-state index contributed by atoms with van der Waals surface area (Å²) in [4.78, 5) is 36.5. The number of hydrogen-bond donors (Lipinski definition) is 2. The second-order valence-corrected chi connectivity index (χ2v) is 6.12. The molecule has 2 aromatic rings. The van der Waals surface area contributed by atoms with E-state index in [2.05, 4.69) is 10.6 Å². The normalized spacial score (nSPS) is 12.6. The molecule has 0 saturated heterocycles. The van der Waals surface area contributed by atoms with Crippen LogP contribution in [0.4, 0.5) is 8.78 Å². The van der Waals surface area contributed by atoms with Crippen LogP contribution in [0.1, 0.15) is 24.1 Å². The van der Waals surface area contributed by atoms with Crippen molar-refractivity contribution in [1.29, 1.82) is 0 Å². The van der Waals surface area contributed by atoms with Crippen molar-refractivity contribution in [1.82, 2.24) is 10.6 Å². The summed E-state index contributed by atoms with van der Waals surface area (Å²) < 4.78 is 31.1. The molecule has 2 rings (SSSR count). The predicted molar refractivity (Wildman–Crippen MR) is 97.0 cm³/mol. The molecule has 2 atom stereocenters. The minimum absolute atomic E-state index is 0.138. The lowest BCUT2D eigenvalue weighted by molar-refractivity contribution is -0.145. The molecule has 28 heavy (non-hydrogen) atoms. The largest absolute Gasteiger partial charge is 0.467 e. The van der Waals surface area contributed by atoms with Crippen molar-refractivity contribution in [3.63, 3.8) is 0 Å². The Labute approximate surface area is 160 Å². The van der Waals surface area contributed by atoms with Gasteiger partial charge in [-0.15, -0.1) is 0 Å². The van der Waals surface area contributed by atoms with Crippen molar-refractivity contribution < 1.29 is 27.9 Å². The molecule has 0 spiro atoms. The molecule has 2 amide bonds. The molecular formula is C20H20F2N2O4. The maximum Gasteiger partial charge on any atom is 0.333 e. The molecule has 0 aliphatic rings. The fraction of sp³-hybridized carbons (Fsp3) is 0.250. The van der Waals surface area contributed by atoms with Crippen LogP contribution in [0.2, 0.25) is 0 Å². The van der Waals surface area contributed by atoms with Crippen LogP contribution in [0.3, 0.4) is 0 Å². The number of methoxy groups -OCH3 is 1. The first-order valence-electron chi connectivity index (χ1n) is 8.47. The van der Waals surface area contributed by atoms with Gasteiger partial charge in [-0.05, 0) is 30.2 Å². The van der Waals surface area contributed by atoms with Gasteiger partial charge in [0.1, 0.15) is 17.7 Å². The molecule has 0 heterocycles. The zero-order chi connectivity index (χ0) is 20.7. The van der Waals surface area contributed by atoms with E-state index in [4.69, 9.17) is 4.74 Å². The predicted octanol–water partition coefficient (Wildman–Crippen LogP) is 2.04. The number of ether oxygens (including phenoxy) is 1. The summed E-state index contributed by atoms with van der Waals surface area (Å²) in [7, 11) is 1.20. The third-order valence-electron chi connectivity index (χ3n) is 3.91. The van der Waals surface area contributed by atoms with Gasteiger partial charge in [0.25, 0.3) is 0 Å². The Balaban J connectivity index is 2.00. The average molecular weight is 390 g/mol. The SMILES string of the molecule is COC(=O)[C@@H](NC(=O)[C@@H](C)NC(=O)Cc1cc(F)cc(F)c1)c1ccccc1. The van der Waals surface area contributed by atoms with E-state index in [9.17, 15) is 23.2 Å². The van der Waals surface area contributed by atoms with Crippen molar-refractivity contribution in [2.45, 2.75) is 25.4 Å². The van der Waals surface area contributed by atoms with E-state index < -0.39 is 41.5 Å². The zero-order valence-corrected chi connectivity index (χ0v) is 15.4. The Bertz CT molecular complexity index is 838. The molecule has 2 aromatic carbocycles. The van der Waals surface area contributed by atoms with E-state index >= 15 is 0 Å². The van der Waals surface area contributed by atoms with Crippen LogP contribution in [0.5, 0.6) is 0 Å². The van der Waals surface area contributed by atoms with E-state index in [0.29, 0.717) is 11.6 Å². The van der Waals surface area contributed by atoms with Crippen molar-refractivity contribution in [3.8, 4) is 0 Å². The van der Waals surface area contributed by atoms with E-state index in [1.165, 1.54) is 14.0 Å². The van der Waals surface area contributed by atoms with E-state index in [1.807, 2.05) is 0 Å². The first-order valence-corrected chi connectivity index (χ1v) is 8.47. The van der Waals surface area contributed by atoms with Gasteiger partial charge in [0.15, 0.2) is 6.04 Å². The number of amides is 2. The number of benzene rings is 2. The summed E-state index contributed by atoms with van der Waals surface area (Å²) in [6.45, 7) is 1.43. The van der Waals surface area contributed by atoms with Gasteiger partial charge in [0.05, 0.1) is 13.5 Å². The van der Waals surface area contributed by atoms with Crippen molar-refractivity contribution in [2.24, 2.45) is 0 Å². The molecule has 0 fully saturated rings. The molecule has 0 aliphatic heterocycles. The summed E-state index contributed by atoms with van der Waals surface area (Å²) >= 11 is 0. The highest BCUT2D eigenvalue weighted by Crippen LogP contribution is 2.14. The molecule has 6 nitrogen and oxygen atoms in total. The molecule has 0 unspecified atom stereocenters. The fourth-order valence-electron chi connectivity index (χ4n) is 2.57. The number of esters is 1. The first-order chi connectivity index (χ1) is 13.3. The van der Waals surface area contributed by atoms with Gasteiger partial charge in [-0.2, -0.15) is 0 Å². The van der Waals surface area contributed by atoms with Crippen LogP contribution < -0.4 is 10.6 Å². The van der Waals surface area contributed by atoms with Crippen LogP contribution in [0.15, 0.2) is 48.5 Å². The summed E-state index contributed by atoms with van der Waals surface area (Å²) in [5, 5.41) is 4.96. The highest BCUT2D eigenvalue weighted by molar-refractivity contribution is 5.91. The maximum atomic E-state index is 13.2. The van der Waals surface area contributed by atoms with Gasteiger partial charge in [-0.25, -0.2) is 13.6 Å². The lowest BCUT2D eigenvalue weighted by Gasteiger charge is -2.20. The number of hydrogen-bond acceptors (Lipinski definition) is 4. The monoisotopic (exact) mass is 390 g/mol. The van der Waals surface area contributed by atoms with Crippen LogP contribution in [0.25, 0.3) is 0 Å². The molecule has 2 N–H and O–H groups in total. The maximum absolute atomic E-state index is 13.2.